The maximum absolute atomic E-state index is 5.66. The molecule has 0 heterocycles. The molecule has 1 N–H and O–H groups in total. The standard InChI is InChI=1S/C13H27NO/c1-2-3-6-9-14-10-11-15-12-13-7-4-5-8-13/h13-14H,2-12H2,1H3. The Morgan fingerprint density at radius 2 is 1.93 bits per heavy atom. The molecule has 1 aliphatic rings. The Morgan fingerprint density at radius 3 is 2.67 bits per heavy atom. The first-order valence-corrected chi connectivity index (χ1v) is 6.72. The molecule has 0 bridgehead atoms. The zero-order chi connectivity index (χ0) is 10.8. The maximum atomic E-state index is 5.66. The lowest BCUT2D eigenvalue weighted by Crippen LogP contribution is -2.22. The first kappa shape index (κ1) is 13.0. The van der Waals surface area contributed by atoms with Crippen LogP contribution in [-0.2, 0) is 4.74 Å². The van der Waals surface area contributed by atoms with Crippen molar-refractivity contribution in [1.82, 2.24) is 5.32 Å². The van der Waals surface area contributed by atoms with Gasteiger partial charge in [-0.3, -0.25) is 0 Å². The van der Waals surface area contributed by atoms with Gasteiger partial charge in [-0.2, -0.15) is 0 Å². The summed E-state index contributed by atoms with van der Waals surface area (Å²) in [5.74, 6) is 0.866. The highest BCUT2D eigenvalue weighted by Gasteiger charge is 2.14. The number of ether oxygens (including phenoxy) is 1. The van der Waals surface area contributed by atoms with Crippen molar-refractivity contribution in [1.29, 1.82) is 0 Å². The third-order valence-electron chi connectivity index (χ3n) is 3.21. The molecule has 90 valence electrons. The van der Waals surface area contributed by atoms with Crippen molar-refractivity contribution < 1.29 is 4.74 Å². The summed E-state index contributed by atoms with van der Waals surface area (Å²) in [7, 11) is 0. The van der Waals surface area contributed by atoms with Gasteiger partial charge < -0.3 is 10.1 Å². The quantitative estimate of drug-likeness (QED) is 0.595. The van der Waals surface area contributed by atoms with Crippen molar-refractivity contribution in [2.75, 3.05) is 26.3 Å². The second-order valence-electron chi connectivity index (χ2n) is 4.68. The van der Waals surface area contributed by atoms with Gasteiger partial charge in [0.2, 0.25) is 0 Å². The van der Waals surface area contributed by atoms with Gasteiger partial charge >= 0.3 is 0 Å². The molecule has 0 saturated heterocycles. The van der Waals surface area contributed by atoms with E-state index in [2.05, 4.69) is 12.2 Å². The molecule has 0 atom stereocenters. The van der Waals surface area contributed by atoms with Crippen LogP contribution in [0.25, 0.3) is 0 Å². The minimum Gasteiger partial charge on any atom is -0.380 e. The summed E-state index contributed by atoms with van der Waals surface area (Å²) in [5.41, 5.74) is 0. The van der Waals surface area contributed by atoms with Gasteiger partial charge in [0.05, 0.1) is 6.61 Å². The molecule has 0 aromatic rings. The molecular weight excluding hydrogens is 186 g/mol. The maximum Gasteiger partial charge on any atom is 0.0591 e. The predicted molar refractivity (Wildman–Crippen MR) is 65.2 cm³/mol. The van der Waals surface area contributed by atoms with E-state index in [4.69, 9.17) is 4.74 Å². The Hall–Kier alpha value is -0.0800. The van der Waals surface area contributed by atoms with Crippen LogP contribution in [0.15, 0.2) is 0 Å². The van der Waals surface area contributed by atoms with E-state index in [1.54, 1.807) is 0 Å². The molecule has 1 fully saturated rings. The second kappa shape index (κ2) is 9.17. The highest BCUT2D eigenvalue weighted by molar-refractivity contribution is 4.66. The van der Waals surface area contributed by atoms with Crippen molar-refractivity contribution >= 4 is 0 Å². The highest BCUT2D eigenvalue weighted by Crippen LogP contribution is 2.24. The summed E-state index contributed by atoms with van der Waals surface area (Å²) in [6, 6.07) is 0. The minimum atomic E-state index is 0.866. The average molecular weight is 213 g/mol. The van der Waals surface area contributed by atoms with Gasteiger partial charge in [0.15, 0.2) is 0 Å². The average Bonchev–Trinajstić information content (AvgIpc) is 2.75. The van der Waals surface area contributed by atoms with Gasteiger partial charge in [0.25, 0.3) is 0 Å². The Labute approximate surface area is 94.8 Å². The Bertz CT molecular complexity index is 132. The van der Waals surface area contributed by atoms with E-state index in [1.807, 2.05) is 0 Å². The predicted octanol–water partition coefficient (Wildman–Crippen LogP) is 2.97. The number of unbranched alkanes of at least 4 members (excludes halogenated alkanes) is 2. The molecule has 0 amide bonds. The molecule has 1 rings (SSSR count). The fourth-order valence-electron chi connectivity index (χ4n) is 2.20. The molecule has 2 nitrogen and oxygen atoms in total. The fourth-order valence-corrected chi connectivity index (χ4v) is 2.20. The SMILES string of the molecule is CCCCCNCCOCC1CCCC1. The van der Waals surface area contributed by atoms with Crippen LogP contribution < -0.4 is 5.32 Å². The van der Waals surface area contributed by atoms with Crippen molar-refractivity contribution in [3.8, 4) is 0 Å². The monoisotopic (exact) mass is 213 g/mol. The van der Waals surface area contributed by atoms with Crippen LogP contribution >= 0.6 is 0 Å². The molecule has 0 spiro atoms. The molecule has 0 radical (unpaired) electrons. The molecule has 0 aliphatic heterocycles. The number of rotatable bonds is 9. The molecular formula is C13H27NO. The van der Waals surface area contributed by atoms with Crippen LogP contribution in [0, 0.1) is 5.92 Å². The largest absolute Gasteiger partial charge is 0.380 e. The zero-order valence-corrected chi connectivity index (χ0v) is 10.3. The Balaban J connectivity index is 1.73. The molecule has 1 aliphatic carbocycles. The lowest BCUT2D eigenvalue weighted by atomic mass is 10.1. The smallest absolute Gasteiger partial charge is 0.0591 e. The van der Waals surface area contributed by atoms with Crippen molar-refractivity contribution in [2.24, 2.45) is 5.92 Å². The zero-order valence-electron chi connectivity index (χ0n) is 10.3. The fraction of sp³-hybridized carbons (Fsp3) is 1.00. The lowest BCUT2D eigenvalue weighted by molar-refractivity contribution is 0.103. The molecule has 0 aromatic carbocycles. The van der Waals surface area contributed by atoms with Crippen LogP contribution in [0.2, 0.25) is 0 Å². The van der Waals surface area contributed by atoms with Crippen LogP contribution in [0.3, 0.4) is 0 Å². The molecule has 0 unspecified atom stereocenters. The minimum absolute atomic E-state index is 0.866. The van der Waals surface area contributed by atoms with Crippen molar-refractivity contribution in [3.05, 3.63) is 0 Å². The third kappa shape index (κ3) is 6.91. The third-order valence-corrected chi connectivity index (χ3v) is 3.21. The van der Waals surface area contributed by atoms with Crippen LogP contribution in [0.4, 0.5) is 0 Å². The van der Waals surface area contributed by atoms with Gasteiger partial charge in [-0.25, -0.2) is 0 Å². The Morgan fingerprint density at radius 1 is 1.13 bits per heavy atom. The summed E-state index contributed by atoms with van der Waals surface area (Å²) >= 11 is 0. The summed E-state index contributed by atoms with van der Waals surface area (Å²) in [5, 5.41) is 3.42. The van der Waals surface area contributed by atoms with Crippen molar-refractivity contribution in [3.63, 3.8) is 0 Å². The number of nitrogens with one attached hydrogen (secondary N) is 1. The summed E-state index contributed by atoms with van der Waals surface area (Å²) in [6.07, 6.45) is 9.58. The first-order chi connectivity index (χ1) is 7.43. The van der Waals surface area contributed by atoms with E-state index in [9.17, 15) is 0 Å². The number of hydrogen-bond donors (Lipinski definition) is 1. The lowest BCUT2D eigenvalue weighted by Gasteiger charge is -2.10. The van der Waals surface area contributed by atoms with E-state index in [1.165, 1.54) is 44.9 Å². The van der Waals surface area contributed by atoms with E-state index < -0.39 is 0 Å². The van der Waals surface area contributed by atoms with Crippen LogP contribution in [0.5, 0.6) is 0 Å². The molecule has 0 aromatic heterocycles. The molecule has 15 heavy (non-hydrogen) atoms. The topological polar surface area (TPSA) is 21.3 Å². The van der Waals surface area contributed by atoms with E-state index in [-0.39, 0.29) is 0 Å². The normalized spacial score (nSPS) is 17.4. The van der Waals surface area contributed by atoms with Crippen LogP contribution in [0.1, 0.15) is 51.9 Å². The Kier molecular flexibility index (Phi) is 7.94. The molecule has 2 heteroatoms. The van der Waals surface area contributed by atoms with Crippen molar-refractivity contribution in [2.45, 2.75) is 51.9 Å². The summed E-state index contributed by atoms with van der Waals surface area (Å²) < 4.78 is 5.66. The van der Waals surface area contributed by atoms with Crippen LogP contribution in [-0.4, -0.2) is 26.3 Å². The van der Waals surface area contributed by atoms with E-state index in [0.29, 0.717) is 0 Å². The molecule has 1 saturated carbocycles. The second-order valence-corrected chi connectivity index (χ2v) is 4.68. The summed E-state index contributed by atoms with van der Waals surface area (Å²) in [6.45, 7) is 6.31. The van der Waals surface area contributed by atoms with E-state index >= 15 is 0 Å². The van der Waals surface area contributed by atoms with Gasteiger partial charge in [-0.15, -0.1) is 0 Å². The summed E-state index contributed by atoms with van der Waals surface area (Å²) in [4.78, 5) is 0. The van der Waals surface area contributed by atoms with Gasteiger partial charge in [-0.05, 0) is 31.7 Å². The number of hydrogen-bond acceptors (Lipinski definition) is 2. The van der Waals surface area contributed by atoms with Gasteiger partial charge in [0.1, 0.15) is 0 Å². The first-order valence-electron chi connectivity index (χ1n) is 6.72. The van der Waals surface area contributed by atoms with E-state index in [0.717, 1.165) is 32.2 Å². The van der Waals surface area contributed by atoms with Gasteiger partial charge in [0, 0.05) is 13.2 Å². The highest BCUT2D eigenvalue weighted by atomic mass is 16.5. The van der Waals surface area contributed by atoms with Gasteiger partial charge in [-0.1, -0.05) is 32.6 Å².